The summed E-state index contributed by atoms with van der Waals surface area (Å²) in [6.45, 7) is 0. The van der Waals surface area contributed by atoms with E-state index in [1.165, 1.54) is 0 Å². The number of nitrogens with zero attached hydrogens (tertiary/aromatic N) is 2. The van der Waals surface area contributed by atoms with Crippen molar-refractivity contribution >= 4 is 16.8 Å². The predicted molar refractivity (Wildman–Crippen MR) is 75.7 cm³/mol. The van der Waals surface area contributed by atoms with Crippen molar-refractivity contribution in [2.45, 2.75) is 31.6 Å². The molecule has 0 radical (unpaired) electrons. The first-order valence-electron chi connectivity index (χ1n) is 7.16. The molecule has 1 aromatic carbocycles. The number of rotatable bonds is 2. The van der Waals surface area contributed by atoms with Gasteiger partial charge in [0.25, 0.3) is 0 Å². The van der Waals surface area contributed by atoms with E-state index in [0.717, 1.165) is 35.8 Å². The van der Waals surface area contributed by atoms with E-state index in [4.69, 9.17) is 8.94 Å². The molecule has 4 rings (SSSR count). The molecule has 2 heterocycles. The third-order valence-corrected chi connectivity index (χ3v) is 4.02. The minimum atomic E-state index is -0.238. The molecule has 0 spiro atoms. The first-order valence-corrected chi connectivity index (χ1v) is 7.16. The van der Waals surface area contributed by atoms with Crippen LogP contribution in [-0.2, 0) is 4.79 Å². The fraction of sp³-hybridized carbons (Fsp3) is 0.312. The van der Waals surface area contributed by atoms with Gasteiger partial charge in [-0.3, -0.25) is 4.79 Å². The fourth-order valence-corrected chi connectivity index (χ4v) is 2.88. The van der Waals surface area contributed by atoms with Gasteiger partial charge in [-0.2, -0.15) is 4.98 Å². The van der Waals surface area contributed by atoms with Crippen LogP contribution in [-0.4, -0.2) is 15.9 Å². The van der Waals surface area contributed by atoms with Gasteiger partial charge >= 0.3 is 0 Å². The number of aromatic nitrogens is 2. The summed E-state index contributed by atoms with van der Waals surface area (Å²) in [5.74, 6) is 0.875. The molecular formula is C16H14N2O3. The second kappa shape index (κ2) is 4.84. The van der Waals surface area contributed by atoms with Crippen LogP contribution in [0.3, 0.4) is 0 Å². The molecule has 0 N–H and O–H groups in total. The highest BCUT2D eigenvalue weighted by Crippen LogP contribution is 2.32. The summed E-state index contributed by atoms with van der Waals surface area (Å²) in [6.07, 6.45) is 5.02. The van der Waals surface area contributed by atoms with Crippen LogP contribution in [0.25, 0.3) is 22.4 Å². The molecule has 1 saturated carbocycles. The van der Waals surface area contributed by atoms with E-state index in [0.29, 0.717) is 18.1 Å². The van der Waals surface area contributed by atoms with E-state index in [9.17, 15) is 4.79 Å². The number of hydrogen-bond donors (Lipinski definition) is 0. The number of carbonyl (C=O) groups is 1. The van der Waals surface area contributed by atoms with Crippen molar-refractivity contribution in [1.29, 1.82) is 0 Å². The number of Topliss-reactive ketones (excluding diaryl/α,β-unsaturated/α-hetero) is 1. The van der Waals surface area contributed by atoms with Gasteiger partial charge in [-0.05, 0) is 18.9 Å². The Kier molecular flexibility index (Phi) is 2.84. The van der Waals surface area contributed by atoms with Crippen LogP contribution in [0.15, 0.2) is 39.5 Å². The fourth-order valence-electron chi connectivity index (χ4n) is 2.88. The highest BCUT2D eigenvalue weighted by molar-refractivity contribution is 5.92. The van der Waals surface area contributed by atoms with Crippen molar-refractivity contribution in [1.82, 2.24) is 10.1 Å². The molecule has 0 saturated heterocycles. The zero-order valence-electron chi connectivity index (χ0n) is 11.4. The number of ketones is 1. The lowest BCUT2D eigenvalue weighted by molar-refractivity contribution is -0.122. The van der Waals surface area contributed by atoms with Crippen LogP contribution in [0.2, 0.25) is 0 Å². The zero-order chi connectivity index (χ0) is 14.2. The summed E-state index contributed by atoms with van der Waals surface area (Å²) in [4.78, 5) is 16.4. The van der Waals surface area contributed by atoms with Gasteiger partial charge in [-0.1, -0.05) is 29.8 Å². The third-order valence-electron chi connectivity index (χ3n) is 4.02. The Morgan fingerprint density at radius 2 is 2.10 bits per heavy atom. The van der Waals surface area contributed by atoms with Crippen molar-refractivity contribution in [3.8, 4) is 11.4 Å². The van der Waals surface area contributed by atoms with Gasteiger partial charge in [-0.25, -0.2) is 0 Å². The maximum atomic E-state index is 12.0. The van der Waals surface area contributed by atoms with Crippen LogP contribution >= 0.6 is 0 Å². The van der Waals surface area contributed by atoms with Gasteiger partial charge < -0.3 is 8.94 Å². The molecule has 0 amide bonds. The molecule has 3 aromatic rings. The van der Waals surface area contributed by atoms with Gasteiger partial charge in [0, 0.05) is 11.8 Å². The smallest absolute Gasteiger partial charge is 0.237 e. The Balaban J connectivity index is 1.72. The average molecular weight is 282 g/mol. The molecule has 21 heavy (non-hydrogen) atoms. The molecule has 5 nitrogen and oxygen atoms in total. The van der Waals surface area contributed by atoms with Gasteiger partial charge in [-0.15, -0.1) is 0 Å². The van der Waals surface area contributed by atoms with Gasteiger partial charge in [0.05, 0.1) is 11.5 Å². The lowest BCUT2D eigenvalue weighted by Gasteiger charge is -2.16. The zero-order valence-corrected chi connectivity index (χ0v) is 11.4. The monoisotopic (exact) mass is 282 g/mol. The normalized spacial score (nSPS) is 19.2. The van der Waals surface area contributed by atoms with Gasteiger partial charge in [0.2, 0.25) is 11.7 Å². The SMILES string of the molecule is O=C1CCCCC1c1nc(-c2coc3ccccc23)no1. The lowest BCUT2D eigenvalue weighted by Crippen LogP contribution is -2.17. The molecule has 2 aromatic heterocycles. The van der Waals surface area contributed by atoms with Gasteiger partial charge in [0.15, 0.2) is 0 Å². The first-order chi connectivity index (χ1) is 10.3. The highest BCUT2D eigenvalue weighted by atomic mass is 16.5. The molecule has 1 atom stereocenters. The standard InChI is InChI=1S/C16H14N2O3/c19-13-7-3-1-6-11(13)16-17-15(18-21-16)12-9-20-14-8-4-2-5-10(12)14/h2,4-5,8-9,11H,1,3,6-7H2. The van der Waals surface area contributed by atoms with E-state index in [1.54, 1.807) is 6.26 Å². The number of hydrogen-bond acceptors (Lipinski definition) is 5. The molecule has 1 fully saturated rings. The Morgan fingerprint density at radius 3 is 3.00 bits per heavy atom. The van der Waals surface area contributed by atoms with Crippen LogP contribution < -0.4 is 0 Å². The molecule has 0 aliphatic heterocycles. The van der Waals surface area contributed by atoms with Crippen molar-refractivity contribution < 1.29 is 13.7 Å². The Hall–Kier alpha value is -2.43. The topological polar surface area (TPSA) is 69.1 Å². The first kappa shape index (κ1) is 12.3. The van der Waals surface area contributed by atoms with E-state index >= 15 is 0 Å². The summed E-state index contributed by atoms with van der Waals surface area (Å²) >= 11 is 0. The van der Waals surface area contributed by atoms with E-state index in [2.05, 4.69) is 10.1 Å². The van der Waals surface area contributed by atoms with E-state index in [1.807, 2.05) is 24.3 Å². The van der Waals surface area contributed by atoms with E-state index < -0.39 is 0 Å². The van der Waals surface area contributed by atoms with Crippen LogP contribution in [0.4, 0.5) is 0 Å². The highest BCUT2D eigenvalue weighted by Gasteiger charge is 2.29. The average Bonchev–Trinajstić information content (AvgIpc) is 3.14. The summed E-state index contributed by atoms with van der Waals surface area (Å²) < 4.78 is 10.8. The van der Waals surface area contributed by atoms with Gasteiger partial charge in [0.1, 0.15) is 17.6 Å². The molecule has 5 heteroatoms. The Bertz CT molecular complexity index is 803. The van der Waals surface area contributed by atoms with Crippen molar-refractivity contribution in [2.75, 3.05) is 0 Å². The van der Waals surface area contributed by atoms with Crippen LogP contribution in [0.1, 0.15) is 37.5 Å². The third kappa shape index (κ3) is 2.05. The van der Waals surface area contributed by atoms with Crippen molar-refractivity contribution in [2.24, 2.45) is 0 Å². The largest absolute Gasteiger partial charge is 0.464 e. The van der Waals surface area contributed by atoms with Crippen LogP contribution in [0, 0.1) is 0 Å². The predicted octanol–water partition coefficient (Wildman–Crippen LogP) is 3.71. The second-order valence-corrected chi connectivity index (χ2v) is 5.37. The number of fused-ring (bicyclic) bond motifs is 1. The summed E-state index contributed by atoms with van der Waals surface area (Å²) in [5.41, 5.74) is 1.58. The Labute approximate surface area is 120 Å². The van der Waals surface area contributed by atoms with Crippen molar-refractivity contribution in [3.63, 3.8) is 0 Å². The molecule has 1 unspecified atom stereocenters. The number of furan rings is 1. The quantitative estimate of drug-likeness (QED) is 0.716. The number of carbonyl (C=O) groups excluding carboxylic acids is 1. The summed E-state index contributed by atoms with van der Waals surface area (Å²) in [5, 5.41) is 4.96. The summed E-state index contributed by atoms with van der Waals surface area (Å²) in [6, 6.07) is 7.70. The minimum Gasteiger partial charge on any atom is -0.464 e. The second-order valence-electron chi connectivity index (χ2n) is 5.37. The number of para-hydroxylation sites is 1. The molecular weight excluding hydrogens is 268 g/mol. The van der Waals surface area contributed by atoms with Crippen molar-refractivity contribution in [3.05, 3.63) is 36.4 Å². The summed E-state index contributed by atoms with van der Waals surface area (Å²) in [7, 11) is 0. The molecule has 1 aliphatic carbocycles. The van der Waals surface area contributed by atoms with E-state index in [-0.39, 0.29) is 11.7 Å². The maximum absolute atomic E-state index is 12.0. The molecule has 0 bridgehead atoms. The molecule has 106 valence electrons. The number of benzene rings is 1. The lowest BCUT2D eigenvalue weighted by atomic mass is 9.88. The Morgan fingerprint density at radius 1 is 1.19 bits per heavy atom. The van der Waals surface area contributed by atoms with Crippen LogP contribution in [0.5, 0.6) is 0 Å². The molecule has 1 aliphatic rings. The maximum Gasteiger partial charge on any atom is 0.237 e. The minimum absolute atomic E-state index is 0.202.